The average molecular weight is 893 g/mol. The van der Waals surface area contributed by atoms with E-state index in [0.717, 1.165) is 33.1 Å². The van der Waals surface area contributed by atoms with Gasteiger partial charge in [0.15, 0.2) is 0 Å². The molecule has 0 bridgehead atoms. The second kappa shape index (κ2) is 16.0. The van der Waals surface area contributed by atoms with Gasteiger partial charge in [0.2, 0.25) is 0 Å². The highest BCUT2D eigenvalue weighted by atomic mass is 32.1. The fourth-order valence-electron chi connectivity index (χ4n) is 11.0. The molecular weight excluding hydrogens is 853 g/mol. The van der Waals surface area contributed by atoms with Crippen LogP contribution in [0.2, 0.25) is 0 Å². The van der Waals surface area contributed by atoms with Crippen molar-refractivity contribution in [3.8, 4) is 65.5 Å². The molecule has 0 radical (unpaired) electrons. The summed E-state index contributed by atoms with van der Waals surface area (Å²) in [5.74, 6) is 0. The molecule has 0 unspecified atom stereocenters. The van der Waals surface area contributed by atoms with Crippen molar-refractivity contribution in [2.45, 2.75) is 0 Å². The average Bonchev–Trinajstić information content (AvgIpc) is 3.81. The van der Waals surface area contributed by atoms with Crippen LogP contribution in [0.25, 0.3) is 141 Å². The van der Waals surface area contributed by atoms with Crippen LogP contribution in [0.4, 0.5) is 0 Å². The third-order valence-corrected chi connectivity index (χ3v) is 15.4. The van der Waals surface area contributed by atoms with Gasteiger partial charge in [-0.05, 0) is 88.2 Å². The lowest BCUT2D eigenvalue weighted by Gasteiger charge is -2.17. The number of thiophene rings is 1. The van der Waals surface area contributed by atoms with Gasteiger partial charge in [0, 0.05) is 54.5 Å². The monoisotopic (exact) mass is 892 g/mol. The number of nitrogens with zero attached hydrogens (tertiary/aromatic N) is 2. The van der Waals surface area contributed by atoms with Crippen LogP contribution in [0.15, 0.2) is 243 Å². The Balaban J connectivity index is 1.04. The predicted octanol–water partition coefficient (Wildman–Crippen LogP) is 18.6. The molecule has 11 aromatic carbocycles. The molecule has 2 nitrogen and oxygen atoms in total. The van der Waals surface area contributed by atoms with Gasteiger partial charge in [-0.2, -0.15) is 0 Å². The lowest BCUT2D eigenvalue weighted by molar-refractivity contribution is 1.37. The molecule has 0 aliphatic carbocycles. The quantitative estimate of drug-likeness (QED) is 0.155. The number of aromatic nitrogens is 2. The Morgan fingerprint density at radius 1 is 0.246 bits per heavy atom. The maximum absolute atomic E-state index is 5.30. The summed E-state index contributed by atoms with van der Waals surface area (Å²) in [5, 5.41) is 14.4. The highest BCUT2D eigenvalue weighted by molar-refractivity contribution is 7.20. The molecule has 69 heavy (non-hydrogen) atoms. The molecule has 0 saturated heterocycles. The van der Waals surface area contributed by atoms with Gasteiger partial charge < -0.3 is 0 Å². The Kier molecular flexibility index (Phi) is 9.11. The molecule has 320 valence electrons. The van der Waals surface area contributed by atoms with Crippen LogP contribution in [0, 0.1) is 0 Å². The van der Waals surface area contributed by atoms with Crippen molar-refractivity contribution in [3.05, 3.63) is 243 Å². The largest absolute Gasteiger partial charge is 0.254 e. The summed E-state index contributed by atoms with van der Waals surface area (Å²) in [6, 6.07) is 86.7. The highest BCUT2D eigenvalue weighted by Gasteiger charge is 2.28. The van der Waals surface area contributed by atoms with Gasteiger partial charge in [-0.15, -0.1) is 11.3 Å². The Morgan fingerprint density at radius 2 is 0.623 bits per heavy atom. The molecule has 0 amide bonds. The molecule has 3 aromatic heterocycles. The molecule has 0 saturated carbocycles. The molecule has 14 rings (SSSR count). The fraction of sp³-hybridized carbons (Fsp3) is 0. The van der Waals surface area contributed by atoms with Crippen LogP contribution in [0.1, 0.15) is 0 Å². The zero-order chi connectivity index (χ0) is 45.4. The molecule has 0 fully saturated rings. The summed E-state index contributed by atoms with van der Waals surface area (Å²) < 4.78 is 0. The third-order valence-electron chi connectivity index (χ3n) is 14.2. The molecule has 0 spiro atoms. The van der Waals surface area contributed by atoms with E-state index in [1.54, 1.807) is 0 Å². The van der Waals surface area contributed by atoms with E-state index in [4.69, 9.17) is 9.97 Å². The van der Waals surface area contributed by atoms with Gasteiger partial charge in [0.25, 0.3) is 0 Å². The van der Waals surface area contributed by atoms with Crippen molar-refractivity contribution in [2.24, 2.45) is 0 Å². The van der Waals surface area contributed by atoms with Crippen LogP contribution in [0.5, 0.6) is 0 Å². The van der Waals surface area contributed by atoms with Crippen molar-refractivity contribution < 1.29 is 0 Å². The van der Waals surface area contributed by atoms with E-state index in [-0.39, 0.29) is 0 Å². The van der Waals surface area contributed by atoms with Gasteiger partial charge in [-0.25, -0.2) is 4.98 Å². The van der Waals surface area contributed by atoms with Gasteiger partial charge in [-0.3, -0.25) is 4.98 Å². The SMILES string of the molecule is c1ccc2c(-c3sc(-c4ccc(-c5ccc(-c6ccc7ccc8cccnc8c7n6)c6ccccc56)c5ccccc45)c(-c4cccc5ccccc45)c3-c3cccc4ccccc34)cccc2c1. The topological polar surface area (TPSA) is 25.8 Å². The minimum atomic E-state index is 0.920. The smallest absolute Gasteiger partial charge is 0.0972 e. The highest BCUT2D eigenvalue weighted by Crippen LogP contribution is 2.56. The summed E-state index contributed by atoms with van der Waals surface area (Å²) in [4.78, 5) is 12.6. The van der Waals surface area contributed by atoms with Crippen LogP contribution in [0.3, 0.4) is 0 Å². The van der Waals surface area contributed by atoms with Crippen molar-refractivity contribution >= 4 is 87.0 Å². The lowest BCUT2D eigenvalue weighted by atomic mass is 9.85. The summed E-state index contributed by atoms with van der Waals surface area (Å²) in [5.41, 5.74) is 13.7. The van der Waals surface area contributed by atoms with E-state index < -0.39 is 0 Å². The standard InChI is InChI=1S/C66H40N2S/c1-4-22-46-41(15-1)18-11-29-56(46)61-62(57-30-12-19-42-16-2-5-23-47(42)57)66(69-65(61)58-31-13-20-43-17-3-6-24-48(43)58)59-38-36-54(50-26-8-10-28-52(50)59)53-35-37-55(51-27-9-7-25-49(51)53)60-39-34-45-33-32-44-21-14-40-67-63(44)64(45)68-60/h1-40H. The molecular formula is C66H40N2S. The van der Waals surface area contributed by atoms with Crippen LogP contribution in [-0.2, 0) is 0 Å². The number of rotatable bonds is 6. The maximum Gasteiger partial charge on any atom is 0.0972 e. The molecule has 0 aliphatic heterocycles. The zero-order valence-electron chi connectivity index (χ0n) is 37.4. The summed E-state index contributed by atoms with van der Waals surface area (Å²) in [6.07, 6.45) is 1.85. The number of hydrogen-bond donors (Lipinski definition) is 0. The second-order valence-electron chi connectivity index (χ2n) is 17.9. The molecule has 0 atom stereocenters. The first-order valence-electron chi connectivity index (χ1n) is 23.6. The number of hydrogen-bond acceptors (Lipinski definition) is 3. The minimum absolute atomic E-state index is 0.920. The molecule has 3 heteroatoms. The Labute approximate surface area is 403 Å². The van der Waals surface area contributed by atoms with Gasteiger partial charge in [-0.1, -0.05) is 224 Å². The molecule has 14 aromatic rings. The minimum Gasteiger partial charge on any atom is -0.254 e. The fourth-order valence-corrected chi connectivity index (χ4v) is 12.4. The van der Waals surface area contributed by atoms with Gasteiger partial charge in [0.05, 0.1) is 16.7 Å². The summed E-state index contributed by atoms with van der Waals surface area (Å²) >= 11 is 1.92. The number of fused-ring (bicyclic) bond motifs is 8. The second-order valence-corrected chi connectivity index (χ2v) is 18.9. The number of pyridine rings is 2. The van der Waals surface area contributed by atoms with E-state index in [0.29, 0.717) is 0 Å². The van der Waals surface area contributed by atoms with E-state index >= 15 is 0 Å². The zero-order valence-corrected chi connectivity index (χ0v) is 38.2. The summed E-state index contributed by atoms with van der Waals surface area (Å²) in [6.45, 7) is 0. The van der Waals surface area contributed by atoms with Crippen LogP contribution in [-0.4, -0.2) is 9.97 Å². The van der Waals surface area contributed by atoms with Gasteiger partial charge in [0.1, 0.15) is 0 Å². The Hall–Kier alpha value is -8.76. The maximum atomic E-state index is 5.30. The normalized spacial score (nSPS) is 11.8. The summed E-state index contributed by atoms with van der Waals surface area (Å²) in [7, 11) is 0. The van der Waals surface area contributed by atoms with Crippen LogP contribution < -0.4 is 0 Å². The van der Waals surface area contributed by atoms with Crippen LogP contribution >= 0.6 is 11.3 Å². The van der Waals surface area contributed by atoms with Crippen molar-refractivity contribution in [1.82, 2.24) is 9.97 Å². The Bertz CT molecular complexity index is 4370. The first kappa shape index (κ1) is 39.4. The van der Waals surface area contributed by atoms with E-state index in [1.165, 1.54) is 108 Å². The third kappa shape index (κ3) is 6.32. The molecule has 0 aliphatic rings. The predicted molar refractivity (Wildman–Crippen MR) is 295 cm³/mol. The van der Waals surface area contributed by atoms with Crippen molar-refractivity contribution in [2.75, 3.05) is 0 Å². The molecule has 0 N–H and O–H groups in total. The van der Waals surface area contributed by atoms with E-state index in [1.807, 2.05) is 23.6 Å². The first-order valence-corrected chi connectivity index (χ1v) is 24.4. The van der Waals surface area contributed by atoms with Crippen molar-refractivity contribution in [1.29, 1.82) is 0 Å². The number of benzene rings is 11. The van der Waals surface area contributed by atoms with Crippen molar-refractivity contribution in [3.63, 3.8) is 0 Å². The molecule has 3 heterocycles. The Morgan fingerprint density at radius 3 is 1.19 bits per heavy atom. The first-order chi connectivity index (χ1) is 34.2. The van der Waals surface area contributed by atoms with E-state index in [2.05, 4.69) is 231 Å². The lowest BCUT2D eigenvalue weighted by Crippen LogP contribution is -1.92. The van der Waals surface area contributed by atoms with Gasteiger partial charge >= 0.3 is 0 Å². The van der Waals surface area contributed by atoms with E-state index in [9.17, 15) is 0 Å².